The largest absolute Gasteiger partial charge is 0.382 e. The number of morpholine rings is 1. The monoisotopic (exact) mass is 476 g/mol. The highest BCUT2D eigenvalue weighted by atomic mass is 35.5. The first-order chi connectivity index (χ1) is 15.4. The van der Waals surface area contributed by atoms with Crippen molar-refractivity contribution < 1.29 is 4.74 Å². The summed E-state index contributed by atoms with van der Waals surface area (Å²) in [6, 6.07) is 4.91. The standard InChI is InChI=1S/C20H22Cl2N8O2/c21-11-2-1-3-12-13(11)19(31)30(29-6-8-32-9-7-29)18(25-12)15(10-4-5-10)26-17-14(22)16(23)27-20(24)28-17/h1-3,10,15H,4-9H2,(H5,23,24,26,27,28). The van der Waals surface area contributed by atoms with E-state index in [-0.39, 0.29) is 34.3 Å². The molecule has 1 aromatic carbocycles. The van der Waals surface area contributed by atoms with E-state index in [4.69, 9.17) is 44.4 Å². The maximum atomic E-state index is 13.7. The number of fused-ring (bicyclic) bond motifs is 1. The van der Waals surface area contributed by atoms with Gasteiger partial charge in [0.25, 0.3) is 5.56 Å². The highest BCUT2D eigenvalue weighted by molar-refractivity contribution is 6.35. The number of ether oxygens (including phenoxy) is 1. The van der Waals surface area contributed by atoms with Crippen molar-refractivity contribution in [1.82, 2.24) is 19.6 Å². The number of aromatic nitrogens is 4. The zero-order valence-electron chi connectivity index (χ0n) is 17.1. The molecule has 1 aliphatic heterocycles. The van der Waals surface area contributed by atoms with Crippen LogP contribution in [-0.4, -0.2) is 45.9 Å². The summed E-state index contributed by atoms with van der Waals surface area (Å²) in [5, 5.41) is 6.20. The summed E-state index contributed by atoms with van der Waals surface area (Å²) >= 11 is 12.7. The van der Waals surface area contributed by atoms with Gasteiger partial charge in [-0.05, 0) is 30.9 Å². The van der Waals surface area contributed by atoms with Crippen molar-refractivity contribution in [2.45, 2.75) is 18.9 Å². The normalized spacial score (nSPS) is 17.5. The average Bonchev–Trinajstić information content (AvgIpc) is 3.61. The highest BCUT2D eigenvalue weighted by Gasteiger charge is 2.38. The van der Waals surface area contributed by atoms with Crippen LogP contribution in [0.15, 0.2) is 23.0 Å². The van der Waals surface area contributed by atoms with Crippen molar-refractivity contribution in [3.63, 3.8) is 0 Å². The van der Waals surface area contributed by atoms with E-state index < -0.39 is 0 Å². The molecule has 1 saturated heterocycles. The Kier molecular flexibility index (Phi) is 5.44. The lowest BCUT2D eigenvalue weighted by Crippen LogP contribution is -2.51. The van der Waals surface area contributed by atoms with E-state index >= 15 is 0 Å². The molecule has 1 saturated carbocycles. The maximum Gasteiger partial charge on any atom is 0.281 e. The Morgan fingerprint density at radius 1 is 1.12 bits per heavy atom. The van der Waals surface area contributed by atoms with Crippen LogP contribution in [0.2, 0.25) is 10.0 Å². The predicted octanol–water partition coefficient (Wildman–Crippen LogP) is 2.19. The van der Waals surface area contributed by atoms with Crippen molar-refractivity contribution in [1.29, 1.82) is 0 Å². The fraction of sp³-hybridized carbons (Fsp3) is 0.400. The quantitative estimate of drug-likeness (QED) is 0.505. The summed E-state index contributed by atoms with van der Waals surface area (Å²) in [6.45, 7) is 2.13. The van der Waals surface area contributed by atoms with Crippen LogP contribution in [0.25, 0.3) is 10.9 Å². The van der Waals surface area contributed by atoms with Crippen LogP contribution in [0, 0.1) is 5.92 Å². The molecule has 10 nitrogen and oxygen atoms in total. The molecule has 168 valence electrons. The number of benzene rings is 1. The molecule has 3 heterocycles. The molecule has 12 heteroatoms. The SMILES string of the molecule is Nc1nc(N)c(Cl)c(NC(c2nc3cccc(Cl)c3c(=O)n2N2CCOCC2)C2CC2)n1. The summed E-state index contributed by atoms with van der Waals surface area (Å²) in [5.41, 5.74) is 12.0. The molecule has 1 unspecified atom stereocenters. The Morgan fingerprint density at radius 2 is 1.88 bits per heavy atom. The Morgan fingerprint density at radius 3 is 2.59 bits per heavy atom. The molecule has 0 spiro atoms. The van der Waals surface area contributed by atoms with E-state index in [0.29, 0.717) is 53.9 Å². The summed E-state index contributed by atoms with van der Waals surface area (Å²) in [6.07, 6.45) is 1.94. The summed E-state index contributed by atoms with van der Waals surface area (Å²) in [7, 11) is 0. The number of nitrogen functional groups attached to an aromatic ring is 2. The smallest absolute Gasteiger partial charge is 0.281 e. The van der Waals surface area contributed by atoms with Crippen molar-refractivity contribution in [2.75, 3.05) is 48.1 Å². The third kappa shape index (κ3) is 3.78. The van der Waals surface area contributed by atoms with E-state index in [1.807, 2.05) is 5.01 Å². The molecule has 2 aromatic heterocycles. The number of nitrogens with two attached hydrogens (primary N) is 2. The van der Waals surface area contributed by atoms with Gasteiger partial charge >= 0.3 is 0 Å². The van der Waals surface area contributed by atoms with E-state index in [1.165, 1.54) is 0 Å². The van der Waals surface area contributed by atoms with Crippen LogP contribution in [0.5, 0.6) is 0 Å². The van der Waals surface area contributed by atoms with Gasteiger partial charge in [0.05, 0.1) is 48.3 Å². The molecule has 0 bridgehead atoms. The lowest BCUT2D eigenvalue weighted by Gasteiger charge is -2.34. The van der Waals surface area contributed by atoms with Gasteiger partial charge in [-0.1, -0.05) is 29.3 Å². The van der Waals surface area contributed by atoms with Gasteiger partial charge in [-0.25, -0.2) is 9.66 Å². The molecular formula is C20H22Cl2N8O2. The first kappa shape index (κ1) is 21.0. The molecule has 1 aliphatic carbocycles. The number of hydrogen-bond donors (Lipinski definition) is 3. The second kappa shape index (κ2) is 8.27. The maximum absolute atomic E-state index is 13.7. The Labute approximate surface area is 193 Å². The fourth-order valence-corrected chi connectivity index (χ4v) is 4.36. The number of nitrogens with one attached hydrogen (secondary N) is 1. The van der Waals surface area contributed by atoms with Gasteiger partial charge in [0.15, 0.2) is 11.6 Å². The zero-order valence-corrected chi connectivity index (χ0v) is 18.6. The van der Waals surface area contributed by atoms with Crippen molar-refractivity contribution >= 4 is 51.7 Å². The first-order valence-corrected chi connectivity index (χ1v) is 11.1. The van der Waals surface area contributed by atoms with Crippen LogP contribution < -0.4 is 27.4 Å². The molecular weight excluding hydrogens is 455 g/mol. The number of nitrogens with zero attached hydrogens (tertiary/aromatic N) is 5. The highest BCUT2D eigenvalue weighted by Crippen LogP contribution is 2.43. The minimum Gasteiger partial charge on any atom is -0.382 e. The molecule has 0 radical (unpaired) electrons. The molecule has 5 N–H and O–H groups in total. The summed E-state index contributed by atoms with van der Waals surface area (Å²) in [4.78, 5) is 26.7. The van der Waals surface area contributed by atoms with Gasteiger partial charge < -0.3 is 26.5 Å². The van der Waals surface area contributed by atoms with Gasteiger partial charge in [-0.3, -0.25) is 4.79 Å². The number of hydrogen-bond acceptors (Lipinski definition) is 9. The van der Waals surface area contributed by atoms with Gasteiger partial charge in [0.2, 0.25) is 5.95 Å². The minimum atomic E-state index is -0.347. The van der Waals surface area contributed by atoms with Gasteiger partial charge in [0, 0.05) is 0 Å². The van der Waals surface area contributed by atoms with E-state index in [0.717, 1.165) is 12.8 Å². The predicted molar refractivity (Wildman–Crippen MR) is 125 cm³/mol. The van der Waals surface area contributed by atoms with Gasteiger partial charge in [0.1, 0.15) is 10.8 Å². The van der Waals surface area contributed by atoms with Crippen molar-refractivity contribution in [2.24, 2.45) is 5.92 Å². The molecule has 2 aliphatic rings. The third-order valence-corrected chi connectivity index (χ3v) is 6.37. The molecule has 2 fully saturated rings. The zero-order chi connectivity index (χ0) is 22.4. The Balaban J connectivity index is 1.69. The van der Waals surface area contributed by atoms with E-state index in [1.54, 1.807) is 22.9 Å². The number of anilines is 3. The fourth-order valence-electron chi connectivity index (χ4n) is 3.97. The van der Waals surface area contributed by atoms with E-state index in [9.17, 15) is 4.79 Å². The second-order valence-electron chi connectivity index (χ2n) is 7.88. The average molecular weight is 477 g/mol. The number of halogens is 2. The van der Waals surface area contributed by atoms with Crippen molar-refractivity contribution in [3.05, 3.63) is 44.4 Å². The number of rotatable bonds is 5. The van der Waals surface area contributed by atoms with Crippen LogP contribution in [-0.2, 0) is 4.74 Å². The molecule has 5 rings (SSSR count). The van der Waals surface area contributed by atoms with Crippen LogP contribution in [0.3, 0.4) is 0 Å². The van der Waals surface area contributed by atoms with Gasteiger partial charge in [-0.15, -0.1) is 0 Å². The topological polar surface area (TPSA) is 137 Å². The van der Waals surface area contributed by atoms with Crippen LogP contribution >= 0.6 is 23.2 Å². The van der Waals surface area contributed by atoms with Crippen LogP contribution in [0.4, 0.5) is 17.6 Å². The second-order valence-corrected chi connectivity index (χ2v) is 8.66. The Hall–Kier alpha value is -2.82. The van der Waals surface area contributed by atoms with E-state index in [2.05, 4.69) is 15.3 Å². The molecule has 32 heavy (non-hydrogen) atoms. The lowest BCUT2D eigenvalue weighted by molar-refractivity contribution is 0.110. The summed E-state index contributed by atoms with van der Waals surface area (Å²) in [5.74, 6) is 1.19. The van der Waals surface area contributed by atoms with Crippen molar-refractivity contribution in [3.8, 4) is 0 Å². The molecule has 1 atom stereocenters. The lowest BCUT2D eigenvalue weighted by atomic mass is 10.1. The minimum absolute atomic E-state index is 0.00719. The first-order valence-electron chi connectivity index (χ1n) is 10.3. The summed E-state index contributed by atoms with van der Waals surface area (Å²) < 4.78 is 7.11. The Bertz CT molecular complexity index is 1240. The molecule has 3 aromatic rings. The van der Waals surface area contributed by atoms with Gasteiger partial charge in [-0.2, -0.15) is 9.97 Å². The third-order valence-electron chi connectivity index (χ3n) is 5.68. The molecule has 0 amide bonds. The van der Waals surface area contributed by atoms with Crippen LogP contribution in [0.1, 0.15) is 24.7 Å².